The van der Waals surface area contributed by atoms with Gasteiger partial charge in [-0.2, -0.15) is 0 Å². The quantitative estimate of drug-likeness (QED) is 0.807. The highest BCUT2D eigenvalue weighted by Gasteiger charge is 2.38. The first-order valence-corrected chi connectivity index (χ1v) is 7.55. The molecule has 0 atom stereocenters. The zero-order chi connectivity index (χ0) is 15.0. The van der Waals surface area contributed by atoms with Gasteiger partial charge in [-0.25, -0.2) is 8.78 Å². The lowest BCUT2D eigenvalue weighted by molar-refractivity contribution is 0.0582. The van der Waals surface area contributed by atoms with Gasteiger partial charge < -0.3 is 10.6 Å². The Bertz CT molecular complexity index is 558. The van der Waals surface area contributed by atoms with E-state index in [-0.39, 0.29) is 11.3 Å². The van der Waals surface area contributed by atoms with E-state index in [0.717, 1.165) is 25.0 Å². The molecule has 1 heterocycles. The largest absolute Gasteiger partial charge is 0.396 e. The molecule has 2 N–H and O–H groups in total. The van der Waals surface area contributed by atoms with Gasteiger partial charge in [-0.15, -0.1) is 0 Å². The number of likely N-dealkylation sites (tertiary alicyclic amines) is 1. The summed E-state index contributed by atoms with van der Waals surface area (Å²) in [7, 11) is 0. The first-order valence-electron chi connectivity index (χ1n) is 7.55. The molecular weight excluding hydrogens is 274 g/mol. The van der Waals surface area contributed by atoms with E-state index in [1.807, 2.05) is 0 Å². The lowest BCUT2D eigenvalue weighted by Gasteiger charge is -2.39. The minimum Gasteiger partial charge on any atom is -0.396 e. The summed E-state index contributed by atoms with van der Waals surface area (Å²) >= 11 is 0. The smallest absolute Gasteiger partial charge is 0.257 e. The third-order valence-corrected chi connectivity index (χ3v) is 5.07. The molecule has 1 aliphatic heterocycles. The number of carbonyl (C=O) groups excluding carboxylic acids is 1. The molecule has 2 aliphatic rings. The van der Waals surface area contributed by atoms with Crippen molar-refractivity contribution in [1.82, 2.24) is 4.90 Å². The van der Waals surface area contributed by atoms with Crippen LogP contribution in [0.2, 0.25) is 0 Å². The summed E-state index contributed by atoms with van der Waals surface area (Å²) in [6.07, 6.45) is 6.93. The Labute approximate surface area is 123 Å². The number of halogens is 2. The van der Waals surface area contributed by atoms with E-state index >= 15 is 0 Å². The number of anilines is 1. The van der Waals surface area contributed by atoms with Gasteiger partial charge in [-0.05, 0) is 43.2 Å². The van der Waals surface area contributed by atoms with Gasteiger partial charge >= 0.3 is 0 Å². The number of hydrogen-bond donors (Lipinski definition) is 1. The Morgan fingerprint density at radius 2 is 1.71 bits per heavy atom. The van der Waals surface area contributed by atoms with Crippen LogP contribution < -0.4 is 5.73 Å². The maximum atomic E-state index is 13.9. The van der Waals surface area contributed by atoms with Crippen LogP contribution in [-0.2, 0) is 0 Å². The Kier molecular flexibility index (Phi) is 3.59. The molecule has 1 aliphatic carbocycles. The van der Waals surface area contributed by atoms with Crippen LogP contribution in [0, 0.1) is 17.0 Å². The van der Waals surface area contributed by atoms with Gasteiger partial charge in [0.15, 0.2) is 5.82 Å². The van der Waals surface area contributed by atoms with E-state index in [1.165, 1.54) is 25.7 Å². The van der Waals surface area contributed by atoms with E-state index < -0.39 is 17.5 Å². The number of benzene rings is 1. The van der Waals surface area contributed by atoms with E-state index in [4.69, 9.17) is 5.73 Å². The van der Waals surface area contributed by atoms with Gasteiger partial charge in [-0.3, -0.25) is 4.79 Å². The zero-order valence-corrected chi connectivity index (χ0v) is 12.0. The molecule has 0 aromatic heterocycles. The minimum absolute atomic E-state index is 0.255. The number of carbonyl (C=O) groups is 1. The highest BCUT2D eigenvalue weighted by molar-refractivity contribution is 5.95. The Morgan fingerprint density at radius 3 is 2.33 bits per heavy atom. The molecule has 114 valence electrons. The highest BCUT2D eigenvalue weighted by atomic mass is 19.1. The second-order valence-corrected chi connectivity index (χ2v) is 6.36. The average Bonchev–Trinajstić information content (AvgIpc) is 2.91. The van der Waals surface area contributed by atoms with E-state index in [0.29, 0.717) is 18.5 Å². The van der Waals surface area contributed by atoms with Crippen LogP contribution in [0.25, 0.3) is 0 Å². The van der Waals surface area contributed by atoms with Crippen molar-refractivity contribution in [2.24, 2.45) is 5.41 Å². The number of hydrogen-bond acceptors (Lipinski definition) is 2. The highest BCUT2D eigenvalue weighted by Crippen LogP contribution is 2.46. The number of nitrogens with zero attached hydrogens (tertiary/aromatic N) is 1. The number of amides is 1. The summed E-state index contributed by atoms with van der Waals surface area (Å²) in [5.74, 6) is -1.95. The number of nitrogens with two attached hydrogens (primary N) is 1. The summed E-state index contributed by atoms with van der Waals surface area (Å²) in [6, 6.07) is 1.84. The van der Waals surface area contributed by atoms with Crippen LogP contribution in [0.3, 0.4) is 0 Å². The van der Waals surface area contributed by atoms with Crippen LogP contribution in [0.4, 0.5) is 14.5 Å². The molecule has 3 nitrogen and oxygen atoms in total. The molecule has 0 radical (unpaired) electrons. The fourth-order valence-corrected chi connectivity index (χ4v) is 3.75. The van der Waals surface area contributed by atoms with E-state index in [2.05, 4.69) is 0 Å². The molecule has 0 bridgehead atoms. The number of nitrogen functional groups attached to an aromatic ring is 1. The molecule has 21 heavy (non-hydrogen) atoms. The molecule has 2 fully saturated rings. The Hall–Kier alpha value is -1.65. The standard InChI is InChI=1S/C16H20F2N2O/c17-11-9-12(14(18)13(19)10-11)15(21)20-7-5-16(6-8-20)3-1-2-4-16/h9-10H,1-8,19H2. The third kappa shape index (κ3) is 2.61. The molecule has 1 amide bonds. The van der Waals surface area contributed by atoms with Gasteiger partial charge in [0.1, 0.15) is 5.82 Å². The van der Waals surface area contributed by atoms with Crippen molar-refractivity contribution in [2.75, 3.05) is 18.8 Å². The van der Waals surface area contributed by atoms with Crippen LogP contribution in [0.1, 0.15) is 48.9 Å². The second-order valence-electron chi connectivity index (χ2n) is 6.36. The minimum atomic E-state index is -0.817. The average molecular weight is 294 g/mol. The fourth-order valence-electron chi connectivity index (χ4n) is 3.75. The van der Waals surface area contributed by atoms with Crippen LogP contribution >= 0.6 is 0 Å². The molecule has 1 saturated carbocycles. The summed E-state index contributed by atoms with van der Waals surface area (Å²) in [5, 5.41) is 0. The summed E-state index contributed by atoms with van der Waals surface area (Å²) in [4.78, 5) is 14.0. The van der Waals surface area contributed by atoms with Crippen molar-refractivity contribution in [2.45, 2.75) is 38.5 Å². The fraction of sp³-hybridized carbons (Fsp3) is 0.562. The molecule has 3 rings (SSSR count). The lowest BCUT2D eigenvalue weighted by atomic mass is 9.77. The predicted octanol–water partition coefficient (Wildman–Crippen LogP) is 3.34. The summed E-state index contributed by atoms with van der Waals surface area (Å²) < 4.78 is 27.3. The second kappa shape index (κ2) is 5.28. The zero-order valence-electron chi connectivity index (χ0n) is 12.0. The molecule has 1 aromatic carbocycles. The number of piperidine rings is 1. The molecule has 1 aromatic rings. The van der Waals surface area contributed by atoms with Gasteiger partial charge in [0.2, 0.25) is 0 Å². The molecule has 1 spiro atoms. The monoisotopic (exact) mass is 294 g/mol. The van der Waals surface area contributed by atoms with Gasteiger partial charge in [0.25, 0.3) is 5.91 Å². The van der Waals surface area contributed by atoms with Crippen molar-refractivity contribution < 1.29 is 13.6 Å². The lowest BCUT2D eigenvalue weighted by Crippen LogP contribution is -2.42. The van der Waals surface area contributed by atoms with Crippen LogP contribution in [0.15, 0.2) is 12.1 Å². The van der Waals surface area contributed by atoms with Crippen molar-refractivity contribution in [3.63, 3.8) is 0 Å². The van der Waals surface area contributed by atoms with E-state index in [1.54, 1.807) is 4.90 Å². The van der Waals surface area contributed by atoms with Gasteiger partial charge in [0, 0.05) is 13.1 Å². The molecule has 0 unspecified atom stereocenters. The van der Waals surface area contributed by atoms with Crippen molar-refractivity contribution in [1.29, 1.82) is 0 Å². The number of rotatable bonds is 1. The van der Waals surface area contributed by atoms with Crippen LogP contribution in [-0.4, -0.2) is 23.9 Å². The maximum absolute atomic E-state index is 13.9. The first-order chi connectivity index (χ1) is 10.0. The Balaban J connectivity index is 1.75. The summed E-state index contributed by atoms with van der Waals surface area (Å²) in [5.41, 5.74) is 5.21. The van der Waals surface area contributed by atoms with Crippen LogP contribution in [0.5, 0.6) is 0 Å². The van der Waals surface area contributed by atoms with Gasteiger partial charge in [-0.1, -0.05) is 12.8 Å². The predicted molar refractivity (Wildman–Crippen MR) is 76.8 cm³/mol. The normalized spacial score (nSPS) is 21.0. The van der Waals surface area contributed by atoms with Crippen molar-refractivity contribution in [3.05, 3.63) is 29.3 Å². The molecule has 1 saturated heterocycles. The topological polar surface area (TPSA) is 46.3 Å². The van der Waals surface area contributed by atoms with E-state index in [9.17, 15) is 13.6 Å². The Morgan fingerprint density at radius 1 is 1.10 bits per heavy atom. The first kappa shape index (κ1) is 14.3. The SMILES string of the molecule is Nc1cc(F)cc(C(=O)N2CCC3(CCCC3)CC2)c1F. The summed E-state index contributed by atoms with van der Waals surface area (Å²) in [6.45, 7) is 1.24. The van der Waals surface area contributed by atoms with Crippen molar-refractivity contribution >= 4 is 11.6 Å². The molecular formula is C16H20F2N2O. The maximum Gasteiger partial charge on any atom is 0.257 e. The van der Waals surface area contributed by atoms with Gasteiger partial charge in [0.05, 0.1) is 11.3 Å². The third-order valence-electron chi connectivity index (χ3n) is 5.07. The van der Waals surface area contributed by atoms with Crippen molar-refractivity contribution in [3.8, 4) is 0 Å². The molecule has 5 heteroatoms.